The minimum absolute atomic E-state index is 0.0579. The third-order valence-electron chi connectivity index (χ3n) is 6.18. The first-order valence-corrected chi connectivity index (χ1v) is 11.6. The quantitative estimate of drug-likeness (QED) is 0.561. The minimum atomic E-state index is -0.0579. The van der Waals surface area contributed by atoms with E-state index in [1.807, 2.05) is 24.3 Å². The summed E-state index contributed by atoms with van der Waals surface area (Å²) in [6, 6.07) is 8.18. The van der Waals surface area contributed by atoms with Gasteiger partial charge >= 0.3 is 0 Å². The highest BCUT2D eigenvalue weighted by molar-refractivity contribution is 7.21. The molecule has 0 atom stereocenters. The summed E-state index contributed by atoms with van der Waals surface area (Å²) < 4.78 is 0. The second kappa shape index (κ2) is 7.62. The molecule has 1 saturated carbocycles. The van der Waals surface area contributed by atoms with Crippen LogP contribution in [0, 0.1) is 0 Å². The maximum Gasteiger partial charge on any atom is 0.263 e. The van der Waals surface area contributed by atoms with Crippen LogP contribution < -0.4 is 11.1 Å². The molecule has 4 nitrogen and oxygen atoms in total. The highest BCUT2D eigenvalue weighted by Gasteiger charge is 2.27. The summed E-state index contributed by atoms with van der Waals surface area (Å²) in [6.45, 7) is 0. The summed E-state index contributed by atoms with van der Waals surface area (Å²) in [4.78, 5) is 19.4. The Morgan fingerprint density at radius 2 is 1.83 bits per heavy atom. The molecule has 2 aromatic heterocycles. The summed E-state index contributed by atoms with van der Waals surface area (Å²) in [5.74, 6) is -0.0579. The van der Waals surface area contributed by atoms with Gasteiger partial charge in [-0.2, -0.15) is 0 Å². The van der Waals surface area contributed by atoms with Gasteiger partial charge in [-0.05, 0) is 67.3 Å². The van der Waals surface area contributed by atoms with E-state index in [1.165, 1.54) is 29.7 Å². The average molecular weight is 426 g/mol. The standard InChI is InChI=1S/C23H24ClN3OS/c24-14-11-9-13(10-12-14)18-16-7-3-4-8-17(16)27-23-19(18)20(25)21(29-23)22(28)26-15-5-1-2-6-15/h9-12,15H,1-8,25H2,(H,26,28). The number of fused-ring (bicyclic) bond motifs is 2. The van der Waals surface area contributed by atoms with Gasteiger partial charge in [0, 0.05) is 22.1 Å². The molecule has 29 heavy (non-hydrogen) atoms. The highest BCUT2D eigenvalue weighted by Crippen LogP contribution is 2.44. The Morgan fingerprint density at radius 3 is 2.59 bits per heavy atom. The molecular weight excluding hydrogens is 402 g/mol. The highest BCUT2D eigenvalue weighted by atomic mass is 35.5. The number of nitrogens with two attached hydrogens (primary N) is 1. The molecular formula is C23H24ClN3OS. The molecule has 0 aliphatic heterocycles. The zero-order valence-corrected chi connectivity index (χ0v) is 17.8. The number of hydrogen-bond acceptors (Lipinski definition) is 4. The number of hydrogen-bond donors (Lipinski definition) is 2. The maximum absolute atomic E-state index is 13.0. The number of nitrogens with one attached hydrogen (secondary N) is 1. The Balaban J connectivity index is 1.67. The molecule has 2 aliphatic carbocycles. The zero-order chi connectivity index (χ0) is 20.0. The summed E-state index contributed by atoms with van der Waals surface area (Å²) in [6.07, 6.45) is 8.76. The fourth-order valence-corrected chi connectivity index (χ4v) is 5.89. The third kappa shape index (κ3) is 3.40. The van der Waals surface area contributed by atoms with E-state index in [0.29, 0.717) is 15.6 Å². The van der Waals surface area contributed by atoms with Crippen molar-refractivity contribution in [2.24, 2.45) is 0 Å². The number of anilines is 1. The van der Waals surface area contributed by atoms with Crippen LogP contribution in [-0.2, 0) is 12.8 Å². The number of halogens is 1. The van der Waals surface area contributed by atoms with Gasteiger partial charge in [0.1, 0.15) is 9.71 Å². The molecule has 3 N–H and O–H groups in total. The van der Waals surface area contributed by atoms with Gasteiger partial charge in [0.05, 0.1) is 5.69 Å². The summed E-state index contributed by atoms with van der Waals surface area (Å²) in [5.41, 5.74) is 11.8. The maximum atomic E-state index is 13.0. The molecule has 0 bridgehead atoms. The fraction of sp³-hybridized carbons (Fsp3) is 0.391. The SMILES string of the molecule is Nc1c(C(=O)NC2CCCC2)sc2nc3c(c(-c4ccc(Cl)cc4)c12)CCCC3. The molecule has 2 heterocycles. The molecule has 0 saturated heterocycles. The fourth-order valence-electron chi connectivity index (χ4n) is 4.73. The van der Waals surface area contributed by atoms with Gasteiger partial charge in [-0.3, -0.25) is 4.79 Å². The monoisotopic (exact) mass is 425 g/mol. The Morgan fingerprint density at radius 1 is 1.10 bits per heavy atom. The van der Waals surface area contributed by atoms with Crippen molar-refractivity contribution in [1.29, 1.82) is 0 Å². The van der Waals surface area contributed by atoms with Gasteiger partial charge in [-0.15, -0.1) is 11.3 Å². The van der Waals surface area contributed by atoms with E-state index in [0.717, 1.165) is 65.6 Å². The largest absolute Gasteiger partial charge is 0.397 e. The number of benzene rings is 1. The topological polar surface area (TPSA) is 68.0 Å². The normalized spacial score (nSPS) is 16.9. The number of rotatable bonds is 3. The van der Waals surface area contributed by atoms with Gasteiger partial charge in [0.2, 0.25) is 0 Å². The minimum Gasteiger partial charge on any atom is -0.397 e. The van der Waals surface area contributed by atoms with Crippen molar-refractivity contribution < 1.29 is 4.79 Å². The molecule has 1 amide bonds. The molecule has 150 valence electrons. The van der Waals surface area contributed by atoms with E-state index in [-0.39, 0.29) is 11.9 Å². The number of nitrogens with zero attached hydrogens (tertiary/aromatic N) is 1. The Kier molecular flexibility index (Phi) is 4.96. The summed E-state index contributed by atoms with van der Waals surface area (Å²) in [5, 5.41) is 4.82. The van der Waals surface area contributed by atoms with Crippen molar-refractivity contribution in [2.75, 3.05) is 5.73 Å². The van der Waals surface area contributed by atoms with Gasteiger partial charge in [-0.25, -0.2) is 4.98 Å². The van der Waals surface area contributed by atoms with Crippen LogP contribution in [0.3, 0.4) is 0 Å². The van der Waals surface area contributed by atoms with Crippen molar-refractivity contribution in [3.8, 4) is 11.1 Å². The van der Waals surface area contributed by atoms with Crippen molar-refractivity contribution in [3.63, 3.8) is 0 Å². The summed E-state index contributed by atoms with van der Waals surface area (Å²) in [7, 11) is 0. The lowest BCUT2D eigenvalue weighted by atomic mass is 9.87. The van der Waals surface area contributed by atoms with Crippen LogP contribution in [0.15, 0.2) is 24.3 Å². The summed E-state index contributed by atoms with van der Waals surface area (Å²) >= 11 is 7.56. The first kappa shape index (κ1) is 18.9. The van der Waals surface area contributed by atoms with E-state index in [4.69, 9.17) is 22.3 Å². The van der Waals surface area contributed by atoms with Crippen molar-refractivity contribution in [3.05, 3.63) is 45.4 Å². The lowest BCUT2D eigenvalue weighted by molar-refractivity contribution is 0.0943. The molecule has 3 aromatic rings. The Bertz CT molecular complexity index is 1080. The number of thiophene rings is 1. The first-order chi connectivity index (χ1) is 14.1. The second-order valence-electron chi connectivity index (χ2n) is 8.11. The number of pyridine rings is 1. The molecule has 1 aromatic carbocycles. The van der Waals surface area contributed by atoms with Crippen LogP contribution in [0.25, 0.3) is 21.3 Å². The van der Waals surface area contributed by atoms with Crippen molar-refractivity contribution in [2.45, 2.75) is 57.4 Å². The molecule has 1 fully saturated rings. The smallest absolute Gasteiger partial charge is 0.263 e. The van der Waals surface area contributed by atoms with Crippen LogP contribution in [-0.4, -0.2) is 16.9 Å². The van der Waals surface area contributed by atoms with Crippen LogP contribution in [0.1, 0.15) is 59.5 Å². The Hall–Kier alpha value is -2.11. The molecule has 0 spiro atoms. The van der Waals surface area contributed by atoms with Gasteiger partial charge in [-0.1, -0.05) is 36.6 Å². The molecule has 2 aliphatic rings. The number of aromatic nitrogens is 1. The molecule has 5 rings (SSSR count). The number of nitrogen functional groups attached to an aromatic ring is 1. The van der Waals surface area contributed by atoms with Crippen molar-refractivity contribution in [1.82, 2.24) is 10.3 Å². The van der Waals surface area contributed by atoms with Gasteiger partial charge < -0.3 is 11.1 Å². The van der Waals surface area contributed by atoms with E-state index in [9.17, 15) is 4.79 Å². The van der Waals surface area contributed by atoms with Crippen LogP contribution in [0.5, 0.6) is 0 Å². The van der Waals surface area contributed by atoms with Gasteiger partial charge in [0.15, 0.2) is 0 Å². The molecule has 0 radical (unpaired) electrons. The Labute approximate surface area is 179 Å². The number of aryl methyl sites for hydroxylation is 1. The first-order valence-electron chi connectivity index (χ1n) is 10.4. The van der Waals surface area contributed by atoms with Crippen LogP contribution >= 0.6 is 22.9 Å². The second-order valence-corrected chi connectivity index (χ2v) is 9.54. The lowest BCUT2D eigenvalue weighted by Gasteiger charge is -2.20. The third-order valence-corrected chi connectivity index (χ3v) is 7.53. The number of carbonyl (C=O) groups excluding carboxylic acids is 1. The van der Waals surface area contributed by atoms with E-state index < -0.39 is 0 Å². The van der Waals surface area contributed by atoms with E-state index >= 15 is 0 Å². The van der Waals surface area contributed by atoms with Gasteiger partial charge in [0.25, 0.3) is 5.91 Å². The lowest BCUT2D eigenvalue weighted by Crippen LogP contribution is -2.32. The van der Waals surface area contributed by atoms with Crippen molar-refractivity contribution >= 4 is 44.7 Å². The molecule has 6 heteroatoms. The number of carbonyl (C=O) groups is 1. The predicted octanol–water partition coefficient (Wildman–Crippen LogP) is 5.75. The van der Waals surface area contributed by atoms with E-state index in [2.05, 4.69) is 5.32 Å². The molecule has 0 unspecified atom stereocenters. The van der Waals surface area contributed by atoms with E-state index in [1.54, 1.807) is 0 Å². The van der Waals surface area contributed by atoms with Crippen LogP contribution in [0.2, 0.25) is 5.02 Å². The predicted molar refractivity (Wildman–Crippen MR) is 121 cm³/mol. The number of amides is 1. The average Bonchev–Trinajstić information content (AvgIpc) is 3.35. The zero-order valence-electron chi connectivity index (χ0n) is 16.3. The van der Waals surface area contributed by atoms with Crippen LogP contribution in [0.4, 0.5) is 5.69 Å².